The van der Waals surface area contributed by atoms with E-state index in [1.165, 1.54) is 5.56 Å². The Morgan fingerprint density at radius 2 is 1.42 bits per heavy atom. The third-order valence-corrected chi connectivity index (χ3v) is 4.00. The van der Waals surface area contributed by atoms with Gasteiger partial charge in [-0.25, -0.2) is 0 Å². The summed E-state index contributed by atoms with van der Waals surface area (Å²) >= 11 is 0. The zero-order valence-electron chi connectivity index (χ0n) is 14.9. The Morgan fingerprint density at radius 1 is 0.962 bits per heavy atom. The molecule has 0 unspecified atom stereocenters. The molecule has 0 aliphatic carbocycles. The number of carbonyl (C=O) groups is 1. The van der Waals surface area contributed by atoms with Crippen molar-refractivity contribution in [1.82, 2.24) is 9.80 Å². The molecular formula is C21H42N2O2Y. The van der Waals surface area contributed by atoms with Crippen LogP contribution in [0.5, 0.6) is 0 Å². The summed E-state index contributed by atoms with van der Waals surface area (Å²) in [5.41, 5.74) is 1.41. The number of aliphatic hydroxyl groups excluding tert-OH is 1. The molecular weight excluding hydrogens is 401 g/mol. The Hall–Kier alpha value is -0.286. The second-order valence-electron chi connectivity index (χ2n) is 6.23. The molecule has 5 heteroatoms. The molecule has 0 spiro atoms. The maximum Gasteiger partial charge on any atom is 0.248 e. The maximum absolute atomic E-state index is 11.1. The normalized spacial score (nSPS) is 13.3. The molecule has 1 heterocycles. The molecule has 26 heavy (non-hydrogen) atoms. The molecule has 1 fully saturated rings. The zero-order chi connectivity index (χ0) is 16.5. The minimum absolute atomic E-state index is 0. The second kappa shape index (κ2) is 18.1. The Bertz CT molecular complexity index is 431. The monoisotopic (exact) mass is 443 g/mol. The Labute approximate surface area is 188 Å². The number of hydrogen-bond donors (Lipinski definition) is 1. The van der Waals surface area contributed by atoms with Crippen molar-refractivity contribution < 1.29 is 42.6 Å². The third kappa shape index (κ3) is 12.2. The predicted molar refractivity (Wildman–Crippen MR) is 111 cm³/mol. The molecule has 1 N–H and O–H groups in total. The molecule has 0 saturated carbocycles. The van der Waals surface area contributed by atoms with Crippen molar-refractivity contribution in [3.8, 4) is 0 Å². The van der Waals surface area contributed by atoms with Crippen molar-refractivity contribution in [2.75, 3.05) is 32.8 Å². The first kappa shape index (κ1) is 33.3. The van der Waals surface area contributed by atoms with E-state index < -0.39 is 0 Å². The summed E-state index contributed by atoms with van der Waals surface area (Å²) in [6.45, 7) is 11.7. The van der Waals surface area contributed by atoms with E-state index in [0.29, 0.717) is 12.0 Å². The van der Waals surface area contributed by atoms with Gasteiger partial charge in [0, 0.05) is 64.9 Å². The Kier molecular flexibility index (Phi) is 23.2. The van der Waals surface area contributed by atoms with E-state index in [9.17, 15) is 4.79 Å². The average Bonchev–Trinajstić information content (AvgIpc) is 2.55. The molecule has 1 aromatic rings. The van der Waals surface area contributed by atoms with Gasteiger partial charge in [0.2, 0.25) is 5.91 Å². The van der Waals surface area contributed by atoms with E-state index in [2.05, 4.69) is 56.9 Å². The zero-order valence-corrected chi connectivity index (χ0v) is 17.7. The minimum Gasteiger partial charge on any atom is -0.387 e. The second-order valence-corrected chi connectivity index (χ2v) is 6.23. The van der Waals surface area contributed by atoms with Crippen LogP contribution in [0.25, 0.3) is 0 Å². The molecule has 151 valence electrons. The van der Waals surface area contributed by atoms with Crippen LogP contribution in [0.15, 0.2) is 30.3 Å². The van der Waals surface area contributed by atoms with Crippen LogP contribution in [-0.2, 0) is 37.5 Å². The van der Waals surface area contributed by atoms with Crippen molar-refractivity contribution in [3.05, 3.63) is 35.9 Å². The van der Waals surface area contributed by atoms with Gasteiger partial charge in [-0.05, 0) is 25.3 Å². The number of carbonyl (C=O) groups excluding carboxylic acids is 1. The van der Waals surface area contributed by atoms with Gasteiger partial charge in [-0.2, -0.15) is 0 Å². The van der Waals surface area contributed by atoms with Crippen LogP contribution in [0.3, 0.4) is 0 Å². The van der Waals surface area contributed by atoms with Crippen LogP contribution in [0.4, 0.5) is 0 Å². The number of rotatable bonds is 3. The SMILES string of the molecule is C.C.C.CC(C)N1CCN(C(=O)CO)CC1.CC(C)c1ccccc1.[Y]. The number of nitrogens with zero attached hydrogens (tertiary/aromatic N) is 2. The number of piperazine rings is 1. The number of benzene rings is 1. The van der Waals surface area contributed by atoms with Gasteiger partial charge < -0.3 is 10.0 Å². The van der Waals surface area contributed by atoms with Crippen LogP contribution in [-0.4, -0.2) is 59.6 Å². The molecule has 1 saturated heterocycles. The first-order chi connectivity index (χ1) is 10.5. The molecule has 1 aromatic carbocycles. The predicted octanol–water partition coefficient (Wildman–Crippen LogP) is 4.25. The van der Waals surface area contributed by atoms with Gasteiger partial charge in [-0.15, -0.1) is 0 Å². The summed E-state index contributed by atoms with van der Waals surface area (Å²) in [5, 5.41) is 8.66. The molecule has 1 aliphatic rings. The van der Waals surface area contributed by atoms with Gasteiger partial charge in [0.05, 0.1) is 0 Å². The molecule has 4 nitrogen and oxygen atoms in total. The summed E-state index contributed by atoms with van der Waals surface area (Å²) in [4.78, 5) is 15.2. The van der Waals surface area contributed by atoms with Gasteiger partial charge >= 0.3 is 0 Å². The van der Waals surface area contributed by atoms with E-state index in [4.69, 9.17) is 5.11 Å². The van der Waals surface area contributed by atoms with Crippen LogP contribution in [0.2, 0.25) is 0 Å². The van der Waals surface area contributed by atoms with Crippen molar-refractivity contribution >= 4 is 5.91 Å². The first-order valence-electron chi connectivity index (χ1n) is 8.13. The van der Waals surface area contributed by atoms with E-state index in [1.54, 1.807) is 4.90 Å². The van der Waals surface area contributed by atoms with E-state index >= 15 is 0 Å². The van der Waals surface area contributed by atoms with Crippen molar-refractivity contribution in [1.29, 1.82) is 0 Å². The fourth-order valence-electron chi connectivity index (χ4n) is 2.43. The molecule has 0 bridgehead atoms. The van der Waals surface area contributed by atoms with Crippen LogP contribution in [0, 0.1) is 0 Å². The number of hydrogen-bond acceptors (Lipinski definition) is 3. The summed E-state index contributed by atoms with van der Waals surface area (Å²) < 4.78 is 0. The first-order valence-corrected chi connectivity index (χ1v) is 8.13. The summed E-state index contributed by atoms with van der Waals surface area (Å²) in [6.07, 6.45) is 0. The molecule has 1 aliphatic heterocycles. The summed E-state index contributed by atoms with van der Waals surface area (Å²) in [5.74, 6) is 0.509. The maximum atomic E-state index is 11.1. The van der Waals surface area contributed by atoms with Crippen LogP contribution < -0.4 is 0 Å². The van der Waals surface area contributed by atoms with Gasteiger partial charge in [0.1, 0.15) is 6.61 Å². The van der Waals surface area contributed by atoms with Crippen LogP contribution >= 0.6 is 0 Å². The van der Waals surface area contributed by atoms with E-state index in [1.807, 2.05) is 6.07 Å². The summed E-state index contributed by atoms with van der Waals surface area (Å²) in [6, 6.07) is 11.1. The van der Waals surface area contributed by atoms with Gasteiger partial charge in [0.25, 0.3) is 0 Å². The topological polar surface area (TPSA) is 43.8 Å². The molecule has 0 aromatic heterocycles. The quantitative estimate of drug-likeness (QED) is 0.760. The average molecular weight is 443 g/mol. The molecule has 1 amide bonds. The van der Waals surface area contributed by atoms with Crippen LogP contribution in [0.1, 0.15) is 61.5 Å². The van der Waals surface area contributed by atoms with E-state index in [-0.39, 0.29) is 67.5 Å². The van der Waals surface area contributed by atoms with Gasteiger partial charge in [-0.3, -0.25) is 9.69 Å². The van der Waals surface area contributed by atoms with Crippen molar-refractivity contribution in [3.63, 3.8) is 0 Å². The van der Waals surface area contributed by atoms with Gasteiger partial charge in [0.15, 0.2) is 0 Å². The number of aliphatic hydroxyl groups is 1. The Morgan fingerprint density at radius 3 is 1.73 bits per heavy atom. The largest absolute Gasteiger partial charge is 0.387 e. The molecule has 2 rings (SSSR count). The van der Waals surface area contributed by atoms with Crippen molar-refractivity contribution in [2.24, 2.45) is 0 Å². The smallest absolute Gasteiger partial charge is 0.248 e. The standard InChI is InChI=1S/C9H18N2O2.C9H12.3CH4.Y/c1-8(2)10-3-5-11(6-4-10)9(13)7-12;1-8(2)9-6-4-3-5-7-9;;;;/h8,12H,3-7H2,1-2H3;3-8H,1-2H3;3*1H4;. The fourth-order valence-corrected chi connectivity index (χ4v) is 2.43. The molecule has 1 radical (unpaired) electrons. The summed E-state index contributed by atoms with van der Waals surface area (Å²) in [7, 11) is 0. The fraction of sp³-hybridized carbons (Fsp3) is 0.667. The van der Waals surface area contributed by atoms with Gasteiger partial charge in [-0.1, -0.05) is 66.5 Å². The Balaban J connectivity index is -0.000000168. The van der Waals surface area contributed by atoms with E-state index in [0.717, 1.165) is 26.2 Å². The molecule has 0 atom stereocenters. The number of amides is 1. The van der Waals surface area contributed by atoms with Crippen molar-refractivity contribution in [2.45, 2.75) is 61.9 Å². The third-order valence-electron chi connectivity index (χ3n) is 4.00. The minimum atomic E-state index is -0.359.